The molecule has 1 atom stereocenters. The molecule has 4 nitrogen and oxygen atoms in total. The number of hydrogen-bond donors (Lipinski definition) is 1. The summed E-state index contributed by atoms with van der Waals surface area (Å²) in [6, 6.07) is 0.648. The van der Waals surface area contributed by atoms with E-state index in [0.29, 0.717) is 6.04 Å². The summed E-state index contributed by atoms with van der Waals surface area (Å²) in [5, 5.41) is 3.31. The molecule has 0 bridgehead atoms. The minimum atomic E-state index is 0.202. The van der Waals surface area contributed by atoms with E-state index in [1.165, 1.54) is 0 Å². The van der Waals surface area contributed by atoms with Crippen LogP contribution < -0.4 is 5.32 Å². The summed E-state index contributed by atoms with van der Waals surface area (Å²) in [5.41, 5.74) is 0. The van der Waals surface area contributed by atoms with E-state index in [4.69, 9.17) is 0 Å². The fourth-order valence-corrected chi connectivity index (χ4v) is 1.93. The molecule has 2 heterocycles. The van der Waals surface area contributed by atoms with E-state index in [1.807, 2.05) is 16.8 Å². The summed E-state index contributed by atoms with van der Waals surface area (Å²) >= 11 is 0. The van der Waals surface area contributed by atoms with E-state index in [2.05, 4.69) is 5.32 Å². The third-order valence-electron chi connectivity index (χ3n) is 2.72. The molecule has 0 saturated carbocycles. The molecule has 2 rings (SSSR count). The van der Waals surface area contributed by atoms with Gasteiger partial charge in [0.15, 0.2) is 0 Å². The average molecular weight is 169 g/mol. The Balaban J connectivity index is 2.08. The van der Waals surface area contributed by atoms with Crippen molar-refractivity contribution in [3.8, 4) is 0 Å². The van der Waals surface area contributed by atoms with Crippen molar-refractivity contribution in [2.24, 2.45) is 0 Å². The third-order valence-corrected chi connectivity index (χ3v) is 2.72. The molecule has 1 N–H and O–H groups in total. The zero-order valence-electron chi connectivity index (χ0n) is 7.42. The molecule has 0 radical (unpaired) electrons. The minimum Gasteiger partial charge on any atom is -0.328 e. The lowest BCUT2D eigenvalue weighted by atomic mass is 10.1. The van der Waals surface area contributed by atoms with Gasteiger partial charge in [-0.05, 0) is 6.42 Å². The monoisotopic (exact) mass is 169 g/mol. The molecule has 2 aliphatic heterocycles. The maximum Gasteiger partial charge on any atom is 0.320 e. The molecular formula is C8H15N3O. The number of hydrogen-bond acceptors (Lipinski definition) is 2. The first kappa shape index (κ1) is 7.86. The lowest BCUT2D eigenvalue weighted by molar-refractivity contribution is 0.0955. The van der Waals surface area contributed by atoms with Gasteiger partial charge < -0.3 is 15.1 Å². The molecular weight excluding hydrogens is 154 g/mol. The van der Waals surface area contributed by atoms with Crippen molar-refractivity contribution < 1.29 is 4.79 Å². The zero-order valence-corrected chi connectivity index (χ0v) is 7.42. The normalized spacial score (nSPS) is 30.4. The molecule has 2 fully saturated rings. The topological polar surface area (TPSA) is 35.6 Å². The molecule has 4 heteroatoms. The highest BCUT2D eigenvalue weighted by Crippen LogP contribution is 2.15. The van der Waals surface area contributed by atoms with E-state index in [0.717, 1.165) is 32.6 Å². The van der Waals surface area contributed by atoms with Crippen LogP contribution >= 0.6 is 0 Å². The van der Waals surface area contributed by atoms with Crippen LogP contribution in [0.25, 0.3) is 0 Å². The van der Waals surface area contributed by atoms with Gasteiger partial charge in [-0.25, -0.2) is 4.79 Å². The molecule has 0 aromatic carbocycles. The van der Waals surface area contributed by atoms with Crippen molar-refractivity contribution in [3.05, 3.63) is 0 Å². The van der Waals surface area contributed by atoms with Gasteiger partial charge in [0.25, 0.3) is 0 Å². The number of rotatable bonds is 0. The molecule has 2 saturated heterocycles. The molecule has 0 aromatic rings. The predicted molar refractivity (Wildman–Crippen MR) is 46.0 cm³/mol. The van der Waals surface area contributed by atoms with E-state index in [9.17, 15) is 4.79 Å². The highest BCUT2D eigenvalue weighted by atomic mass is 16.2. The first-order valence-corrected chi connectivity index (χ1v) is 4.51. The summed E-state index contributed by atoms with van der Waals surface area (Å²) in [6.45, 7) is 3.69. The lowest BCUT2D eigenvalue weighted by Gasteiger charge is -2.43. The second-order valence-electron chi connectivity index (χ2n) is 3.54. The van der Waals surface area contributed by atoms with Gasteiger partial charge in [0.2, 0.25) is 0 Å². The standard InChI is InChI=1S/C8H15N3O/c1-10-4-2-7-6-9-3-5-11(7)8(10)12/h7,9H,2-6H2,1H3. The van der Waals surface area contributed by atoms with E-state index in [-0.39, 0.29) is 6.03 Å². The minimum absolute atomic E-state index is 0.202. The van der Waals surface area contributed by atoms with Crippen LogP contribution in [0.5, 0.6) is 0 Å². The van der Waals surface area contributed by atoms with Crippen molar-refractivity contribution in [1.29, 1.82) is 0 Å². The Hall–Kier alpha value is -0.770. The molecule has 2 amide bonds. The molecule has 1 unspecified atom stereocenters. The summed E-state index contributed by atoms with van der Waals surface area (Å²) in [5.74, 6) is 0. The van der Waals surface area contributed by atoms with Gasteiger partial charge in [-0.1, -0.05) is 0 Å². The molecule has 0 aromatic heterocycles. The largest absolute Gasteiger partial charge is 0.328 e. The van der Waals surface area contributed by atoms with Crippen LogP contribution in [-0.4, -0.2) is 55.1 Å². The van der Waals surface area contributed by atoms with Crippen molar-refractivity contribution >= 4 is 6.03 Å². The average Bonchev–Trinajstić information content (AvgIpc) is 2.12. The third kappa shape index (κ3) is 1.16. The van der Waals surface area contributed by atoms with Gasteiger partial charge in [0.1, 0.15) is 0 Å². The maximum absolute atomic E-state index is 11.6. The van der Waals surface area contributed by atoms with E-state index < -0.39 is 0 Å². The number of fused-ring (bicyclic) bond motifs is 1. The fraction of sp³-hybridized carbons (Fsp3) is 0.875. The van der Waals surface area contributed by atoms with Crippen LogP contribution in [0.3, 0.4) is 0 Å². The highest BCUT2D eigenvalue weighted by molar-refractivity contribution is 5.75. The molecule has 68 valence electrons. The van der Waals surface area contributed by atoms with Crippen molar-refractivity contribution in [1.82, 2.24) is 15.1 Å². The van der Waals surface area contributed by atoms with Crippen LogP contribution in [0.1, 0.15) is 6.42 Å². The van der Waals surface area contributed by atoms with Crippen LogP contribution in [0, 0.1) is 0 Å². The SMILES string of the molecule is CN1CCC2CNCCN2C1=O. The number of carbonyl (C=O) groups excluding carboxylic acids is 1. The van der Waals surface area contributed by atoms with Gasteiger partial charge in [-0.3, -0.25) is 0 Å². The Morgan fingerprint density at radius 1 is 1.50 bits per heavy atom. The quantitative estimate of drug-likeness (QED) is 0.541. The number of urea groups is 1. The predicted octanol–water partition coefficient (Wildman–Crippen LogP) is -0.284. The Morgan fingerprint density at radius 3 is 3.17 bits per heavy atom. The second kappa shape index (κ2) is 2.94. The number of nitrogens with one attached hydrogen (secondary N) is 1. The first-order chi connectivity index (χ1) is 5.79. The zero-order chi connectivity index (χ0) is 8.55. The Morgan fingerprint density at radius 2 is 2.33 bits per heavy atom. The fourth-order valence-electron chi connectivity index (χ4n) is 1.93. The maximum atomic E-state index is 11.6. The van der Waals surface area contributed by atoms with Crippen molar-refractivity contribution in [3.63, 3.8) is 0 Å². The van der Waals surface area contributed by atoms with Crippen LogP contribution in [0.4, 0.5) is 4.79 Å². The van der Waals surface area contributed by atoms with Gasteiger partial charge in [-0.15, -0.1) is 0 Å². The summed E-state index contributed by atoms with van der Waals surface area (Å²) in [7, 11) is 1.88. The van der Waals surface area contributed by atoms with E-state index >= 15 is 0 Å². The van der Waals surface area contributed by atoms with Crippen molar-refractivity contribution in [2.45, 2.75) is 12.5 Å². The number of piperazine rings is 1. The molecule has 2 aliphatic rings. The van der Waals surface area contributed by atoms with Crippen molar-refractivity contribution in [2.75, 3.05) is 33.2 Å². The van der Waals surface area contributed by atoms with Crippen LogP contribution in [0.15, 0.2) is 0 Å². The lowest BCUT2D eigenvalue weighted by Crippen LogP contribution is -2.60. The molecule has 12 heavy (non-hydrogen) atoms. The highest BCUT2D eigenvalue weighted by Gasteiger charge is 2.32. The Kier molecular flexibility index (Phi) is 1.92. The smallest absolute Gasteiger partial charge is 0.320 e. The van der Waals surface area contributed by atoms with E-state index in [1.54, 1.807) is 0 Å². The molecule has 0 spiro atoms. The summed E-state index contributed by atoms with van der Waals surface area (Å²) in [6.07, 6.45) is 1.11. The Bertz CT molecular complexity index is 195. The number of amides is 2. The Labute approximate surface area is 72.5 Å². The summed E-state index contributed by atoms with van der Waals surface area (Å²) < 4.78 is 0. The first-order valence-electron chi connectivity index (χ1n) is 4.51. The van der Waals surface area contributed by atoms with Gasteiger partial charge in [-0.2, -0.15) is 0 Å². The van der Waals surface area contributed by atoms with Crippen LogP contribution in [-0.2, 0) is 0 Å². The van der Waals surface area contributed by atoms with Gasteiger partial charge >= 0.3 is 6.03 Å². The summed E-state index contributed by atoms with van der Waals surface area (Å²) in [4.78, 5) is 15.4. The van der Waals surface area contributed by atoms with Crippen LogP contribution in [0.2, 0.25) is 0 Å². The molecule has 0 aliphatic carbocycles. The number of carbonyl (C=O) groups is 1. The number of nitrogens with zero attached hydrogens (tertiary/aromatic N) is 2. The second-order valence-corrected chi connectivity index (χ2v) is 3.54. The van der Waals surface area contributed by atoms with Gasteiger partial charge in [0, 0.05) is 39.3 Å². The van der Waals surface area contributed by atoms with Gasteiger partial charge in [0.05, 0.1) is 0 Å².